The molecule has 0 fully saturated rings. The number of alkyl halides is 1. The molecule has 0 bridgehead atoms. The van der Waals surface area contributed by atoms with Gasteiger partial charge in [0.2, 0.25) is 0 Å². The molecule has 0 saturated carbocycles. The van der Waals surface area contributed by atoms with Crippen molar-refractivity contribution in [2.75, 3.05) is 6.61 Å². The van der Waals surface area contributed by atoms with Crippen molar-refractivity contribution in [3.05, 3.63) is 23.8 Å². The Hall–Kier alpha value is -0.490. The average Bonchev–Trinajstić information content (AvgIpc) is 2.54. The van der Waals surface area contributed by atoms with E-state index in [4.69, 9.17) is 14.2 Å². The van der Waals surface area contributed by atoms with Crippen LogP contribution >= 0.6 is 22.6 Å². The van der Waals surface area contributed by atoms with Crippen LogP contribution in [0.5, 0.6) is 11.5 Å². The van der Waals surface area contributed by atoms with Crippen molar-refractivity contribution < 1.29 is 14.2 Å². The molecule has 0 amide bonds. The number of hydrogen-bond acceptors (Lipinski definition) is 3. The number of hydrogen-bond donors (Lipinski definition) is 0. The first-order chi connectivity index (χ1) is 6.79. The van der Waals surface area contributed by atoms with E-state index >= 15 is 0 Å². The van der Waals surface area contributed by atoms with Crippen molar-refractivity contribution in [2.24, 2.45) is 0 Å². The number of benzene rings is 1. The molecule has 0 saturated heterocycles. The van der Waals surface area contributed by atoms with Crippen LogP contribution < -0.4 is 9.47 Å². The molecule has 1 aromatic rings. The van der Waals surface area contributed by atoms with E-state index in [2.05, 4.69) is 22.6 Å². The zero-order valence-electron chi connectivity index (χ0n) is 7.83. The van der Waals surface area contributed by atoms with Crippen molar-refractivity contribution in [3.63, 3.8) is 0 Å². The van der Waals surface area contributed by atoms with E-state index in [0.29, 0.717) is 6.61 Å². The largest absolute Gasteiger partial charge is 0.442 e. The van der Waals surface area contributed by atoms with Crippen LogP contribution in [0.4, 0.5) is 0 Å². The summed E-state index contributed by atoms with van der Waals surface area (Å²) in [6.07, 6.45) is 0. The van der Waals surface area contributed by atoms with Crippen molar-refractivity contribution in [1.29, 1.82) is 0 Å². The molecule has 0 aromatic heterocycles. The first kappa shape index (κ1) is 10.0. The fourth-order valence-electron chi connectivity index (χ4n) is 1.28. The van der Waals surface area contributed by atoms with Gasteiger partial charge in [0.15, 0.2) is 11.5 Å². The third-order valence-corrected chi connectivity index (χ3v) is 2.43. The highest BCUT2D eigenvalue weighted by Gasteiger charge is 2.20. The van der Waals surface area contributed by atoms with Gasteiger partial charge in [-0.1, -0.05) is 6.07 Å². The maximum atomic E-state index is 5.44. The number of fused-ring (bicyclic) bond motifs is 1. The van der Waals surface area contributed by atoms with Crippen molar-refractivity contribution in [3.8, 4) is 11.5 Å². The molecule has 0 radical (unpaired) electrons. The molecule has 1 aliphatic heterocycles. The molecule has 1 heterocycles. The van der Waals surface area contributed by atoms with Crippen LogP contribution in [0, 0.1) is 0 Å². The minimum atomic E-state index is -0.204. The summed E-state index contributed by atoms with van der Waals surface area (Å²) in [5.41, 5.74) is 1.11. The van der Waals surface area contributed by atoms with Crippen LogP contribution in [0.1, 0.15) is 12.5 Å². The highest BCUT2D eigenvalue weighted by Crippen LogP contribution is 2.37. The molecule has 4 heteroatoms. The third-order valence-electron chi connectivity index (χ3n) is 1.92. The molecule has 0 aliphatic carbocycles. The Kier molecular flexibility index (Phi) is 3.12. The Morgan fingerprint density at radius 2 is 2.14 bits per heavy atom. The standard InChI is InChI=1S/C10H11IO3/c1-2-12-6-7-3-4-8-9(5-7)14-10(11)13-8/h3-5,10H,2,6H2,1H3. The molecule has 3 nitrogen and oxygen atoms in total. The van der Waals surface area contributed by atoms with E-state index in [1.807, 2.05) is 25.1 Å². The predicted octanol–water partition coefficient (Wildman–Crippen LogP) is 2.71. The third kappa shape index (κ3) is 2.12. The molecule has 76 valence electrons. The maximum Gasteiger partial charge on any atom is 0.292 e. The summed E-state index contributed by atoms with van der Waals surface area (Å²) < 4.78 is 15.9. The molecule has 1 atom stereocenters. The number of ether oxygens (including phenoxy) is 3. The van der Waals surface area contributed by atoms with Gasteiger partial charge in [0.05, 0.1) is 6.61 Å². The minimum absolute atomic E-state index is 0.204. The summed E-state index contributed by atoms with van der Waals surface area (Å²) >= 11 is 2.09. The predicted molar refractivity (Wildman–Crippen MR) is 60.8 cm³/mol. The molecule has 1 aromatic carbocycles. The monoisotopic (exact) mass is 306 g/mol. The van der Waals surface area contributed by atoms with E-state index in [0.717, 1.165) is 23.7 Å². The van der Waals surface area contributed by atoms with E-state index in [1.165, 1.54) is 0 Å². The summed E-state index contributed by atoms with van der Waals surface area (Å²) in [7, 11) is 0. The fourth-order valence-corrected chi connectivity index (χ4v) is 1.82. The molecule has 0 N–H and O–H groups in total. The Morgan fingerprint density at radius 1 is 1.36 bits per heavy atom. The molecule has 2 rings (SSSR count). The van der Waals surface area contributed by atoms with Crippen molar-refractivity contribution in [2.45, 2.75) is 17.8 Å². The second-order valence-corrected chi connectivity index (χ2v) is 3.95. The number of rotatable bonds is 3. The molecule has 1 aliphatic rings. The van der Waals surface area contributed by atoms with Crippen LogP contribution in [-0.2, 0) is 11.3 Å². The van der Waals surface area contributed by atoms with Gasteiger partial charge < -0.3 is 14.2 Å². The van der Waals surface area contributed by atoms with Crippen molar-refractivity contribution >= 4 is 22.6 Å². The van der Waals surface area contributed by atoms with Crippen LogP contribution in [0.25, 0.3) is 0 Å². The second kappa shape index (κ2) is 4.35. The Morgan fingerprint density at radius 3 is 2.93 bits per heavy atom. The molecule has 0 spiro atoms. The van der Waals surface area contributed by atoms with Crippen LogP contribution in [-0.4, -0.2) is 10.9 Å². The highest BCUT2D eigenvalue weighted by atomic mass is 127. The molecule has 1 unspecified atom stereocenters. The lowest BCUT2D eigenvalue weighted by atomic mass is 10.2. The van der Waals surface area contributed by atoms with Gasteiger partial charge in [0.25, 0.3) is 4.30 Å². The van der Waals surface area contributed by atoms with Gasteiger partial charge in [-0.25, -0.2) is 0 Å². The molecular formula is C10H11IO3. The summed E-state index contributed by atoms with van der Waals surface area (Å²) in [5, 5.41) is 0. The zero-order valence-corrected chi connectivity index (χ0v) is 9.98. The summed E-state index contributed by atoms with van der Waals surface area (Å²) in [6, 6.07) is 5.87. The fraction of sp³-hybridized carbons (Fsp3) is 0.400. The van der Waals surface area contributed by atoms with Crippen molar-refractivity contribution in [1.82, 2.24) is 0 Å². The van der Waals surface area contributed by atoms with E-state index in [9.17, 15) is 0 Å². The summed E-state index contributed by atoms with van der Waals surface area (Å²) in [6.45, 7) is 3.33. The molecule has 14 heavy (non-hydrogen) atoms. The Labute approximate surface area is 96.5 Å². The Bertz CT molecular complexity index is 327. The van der Waals surface area contributed by atoms with E-state index in [-0.39, 0.29) is 4.30 Å². The first-order valence-corrected chi connectivity index (χ1v) is 5.72. The minimum Gasteiger partial charge on any atom is -0.442 e. The topological polar surface area (TPSA) is 27.7 Å². The van der Waals surface area contributed by atoms with E-state index < -0.39 is 0 Å². The highest BCUT2D eigenvalue weighted by molar-refractivity contribution is 14.1. The maximum absolute atomic E-state index is 5.44. The molecular weight excluding hydrogens is 295 g/mol. The van der Waals surface area contributed by atoms with Gasteiger partial charge in [-0.05, 0) is 24.6 Å². The number of halogens is 1. The summed E-state index contributed by atoms with van der Waals surface area (Å²) in [4.78, 5) is 0. The van der Waals surface area contributed by atoms with Crippen LogP contribution in [0.3, 0.4) is 0 Å². The zero-order chi connectivity index (χ0) is 9.97. The van der Waals surface area contributed by atoms with Gasteiger partial charge >= 0.3 is 0 Å². The van der Waals surface area contributed by atoms with Gasteiger partial charge in [-0.3, -0.25) is 0 Å². The lowest BCUT2D eigenvalue weighted by Crippen LogP contribution is -2.06. The van der Waals surface area contributed by atoms with Gasteiger partial charge in [0, 0.05) is 29.2 Å². The summed E-state index contributed by atoms with van der Waals surface area (Å²) in [5.74, 6) is 1.62. The second-order valence-electron chi connectivity index (χ2n) is 2.93. The average molecular weight is 306 g/mol. The van der Waals surface area contributed by atoms with Gasteiger partial charge in [-0.15, -0.1) is 0 Å². The van der Waals surface area contributed by atoms with E-state index in [1.54, 1.807) is 0 Å². The first-order valence-electron chi connectivity index (χ1n) is 4.47. The van der Waals surface area contributed by atoms with Gasteiger partial charge in [-0.2, -0.15) is 0 Å². The Balaban J connectivity index is 2.12. The normalized spacial score (nSPS) is 18.6. The lowest BCUT2D eigenvalue weighted by molar-refractivity contribution is 0.133. The van der Waals surface area contributed by atoms with Crippen LogP contribution in [0.15, 0.2) is 18.2 Å². The lowest BCUT2D eigenvalue weighted by Gasteiger charge is -2.02. The smallest absolute Gasteiger partial charge is 0.292 e. The van der Waals surface area contributed by atoms with Crippen LogP contribution in [0.2, 0.25) is 0 Å². The van der Waals surface area contributed by atoms with Gasteiger partial charge in [0.1, 0.15) is 0 Å². The SMILES string of the molecule is CCOCc1ccc2c(c1)OC(I)O2. The quantitative estimate of drug-likeness (QED) is 0.635.